The molecule has 2 N–H and O–H groups in total. The van der Waals surface area contributed by atoms with Crippen LogP contribution in [-0.4, -0.2) is 37.9 Å². The van der Waals surface area contributed by atoms with Crippen LogP contribution in [0, 0.1) is 0 Å². The minimum absolute atomic E-state index is 0.389. The number of aromatic nitrogens is 2. The van der Waals surface area contributed by atoms with Crippen molar-refractivity contribution in [3.05, 3.63) is 81.1 Å². The molecule has 0 bridgehead atoms. The first kappa shape index (κ1) is 23.7. The molecule has 0 atom stereocenters. The normalized spacial score (nSPS) is 14.3. The fraction of sp³-hybridized carbons (Fsp3) is 0.231. The molecule has 9 nitrogen and oxygen atoms in total. The van der Waals surface area contributed by atoms with Crippen LogP contribution in [0.15, 0.2) is 64.3 Å². The summed E-state index contributed by atoms with van der Waals surface area (Å²) in [4.78, 5) is 26.6. The summed E-state index contributed by atoms with van der Waals surface area (Å²) in [6.45, 7) is 4.49. The van der Waals surface area contributed by atoms with Crippen LogP contribution in [0.25, 0.3) is 27.6 Å². The van der Waals surface area contributed by atoms with Gasteiger partial charge in [0.2, 0.25) is 10.0 Å². The molecule has 0 saturated heterocycles. The number of fused-ring (bicyclic) bond motifs is 2. The summed E-state index contributed by atoms with van der Waals surface area (Å²) in [5.74, 6) is 1.18. The zero-order valence-corrected chi connectivity index (χ0v) is 21.0. The third-order valence-corrected chi connectivity index (χ3v) is 6.82. The molecule has 0 saturated carbocycles. The molecule has 3 aromatic carbocycles. The van der Waals surface area contributed by atoms with Gasteiger partial charge in [0.15, 0.2) is 5.75 Å². The van der Waals surface area contributed by atoms with Crippen molar-refractivity contribution in [2.24, 2.45) is 0 Å². The number of aromatic amines is 1. The van der Waals surface area contributed by atoms with Crippen molar-refractivity contribution in [2.75, 3.05) is 24.7 Å². The fourth-order valence-electron chi connectivity index (χ4n) is 4.62. The maximum Gasteiger partial charge on any atom is 0.333 e. The minimum atomic E-state index is -3.39. The third kappa shape index (κ3) is 4.13. The van der Waals surface area contributed by atoms with Gasteiger partial charge in [0.05, 0.1) is 25.7 Å². The van der Waals surface area contributed by atoms with Crippen molar-refractivity contribution in [3.8, 4) is 28.3 Å². The molecule has 36 heavy (non-hydrogen) atoms. The number of hydrogen-bond donors (Lipinski definition) is 2. The second kappa shape index (κ2) is 8.27. The third-order valence-electron chi connectivity index (χ3n) is 6.21. The molecule has 0 radical (unpaired) electrons. The predicted octanol–water partition coefficient (Wildman–Crippen LogP) is 3.40. The van der Waals surface area contributed by atoms with E-state index >= 15 is 0 Å². The Kier molecular flexibility index (Phi) is 5.44. The number of hydrogen-bond acceptors (Lipinski definition) is 6. The van der Waals surface area contributed by atoms with Gasteiger partial charge >= 0.3 is 5.69 Å². The molecule has 2 heterocycles. The Labute approximate surface area is 207 Å². The first-order valence-electron chi connectivity index (χ1n) is 11.2. The topological polar surface area (TPSA) is 119 Å². The number of rotatable bonds is 5. The monoisotopic (exact) mass is 507 g/mol. The number of benzene rings is 3. The second-order valence-electron chi connectivity index (χ2n) is 9.48. The fourth-order valence-corrected chi connectivity index (χ4v) is 5.18. The van der Waals surface area contributed by atoms with E-state index in [1.54, 1.807) is 19.2 Å². The Morgan fingerprint density at radius 2 is 1.78 bits per heavy atom. The highest BCUT2D eigenvalue weighted by atomic mass is 32.2. The van der Waals surface area contributed by atoms with Gasteiger partial charge < -0.3 is 9.47 Å². The van der Waals surface area contributed by atoms with Gasteiger partial charge in [-0.2, -0.15) is 0 Å². The van der Waals surface area contributed by atoms with E-state index in [1.165, 1.54) is 16.8 Å². The van der Waals surface area contributed by atoms with Gasteiger partial charge in [0, 0.05) is 34.5 Å². The van der Waals surface area contributed by atoms with E-state index in [9.17, 15) is 18.0 Å². The average molecular weight is 508 g/mol. The molecule has 5 rings (SSSR count). The highest BCUT2D eigenvalue weighted by Gasteiger charge is 2.39. The summed E-state index contributed by atoms with van der Waals surface area (Å²) in [6.07, 6.45) is 2.54. The van der Waals surface area contributed by atoms with Crippen molar-refractivity contribution >= 4 is 26.5 Å². The number of nitrogens with one attached hydrogen (secondary N) is 2. The maximum atomic E-state index is 12.7. The highest BCUT2D eigenvalue weighted by molar-refractivity contribution is 7.92. The van der Waals surface area contributed by atoms with Gasteiger partial charge in [-0.05, 0) is 40.6 Å². The summed E-state index contributed by atoms with van der Waals surface area (Å²) in [7, 11) is -1.79. The van der Waals surface area contributed by atoms with E-state index in [-0.39, 0.29) is 5.41 Å². The number of methoxy groups -OCH3 is 1. The van der Waals surface area contributed by atoms with Crippen LogP contribution < -0.4 is 25.4 Å². The molecule has 186 valence electrons. The van der Waals surface area contributed by atoms with Crippen molar-refractivity contribution < 1.29 is 17.9 Å². The zero-order chi connectivity index (χ0) is 25.8. The number of H-pyrrole nitrogens is 1. The lowest BCUT2D eigenvalue weighted by molar-refractivity contribution is 0.289. The molecular formula is C26H25N3O6S. The Bertz CT molecular complexity index is 1750. The Morgan fingerprint density at radius 1 is 1.06 bits per heavy atom. The summed E-state index contributed by atoms with van der Waals surface area (Å²) < 4.78 is 39.0. The molecule has 0 unspecified atom stereocenters. The quantitative estimate of drug-likeness (QED) is 0.427. The van der Waals surface area contributed by atoms with E-state index < -0.39 is 21.3 Å². The zero-order valence-electron chi connectivity index (χ0n) is 20.2. The molecule has 0 fully saturated rings. The van der Waals surface area contributed by atoms with Crippen LogP contribution >= 0.6 is 0 Å². The van der Waals surface area contributed by atoms with Crippen molar-refractivity contribution in [1.82, 2.24) is 9.55 Å². The molecule has 4 aromatic rings. The minimum Gasteiger partial charge on any atom is -0.496 e. The van der Waals surface area contributed by atoms with Crippen molar-refractivity contribution in [1.29, 1.82) is 0 Å². The Hall–Kier alpha value is -4.05. The summed E-state index contributed by atoms with van der Waals surface area (Å²) >= 11 is 0. The van der Waals surface area contributed by atoms with E-state index in [0.717, 1.165) is 33.7 Å². The lowest BCUT2D eigenvalue weighted by Crippen LogP contribution is -2.27. The van der Waals surface area contributed by atoms with Crippen LogP contribution in [0.2, 0.25) is 0 Å². The van der Waals surface area contributed by atoms with Crippen LogP contribution in [-0.2, 0) is 15.4 Å². The average Bonchev–Trinajstić information content (AvgIpc) is 3.12. The van der Waals surface area contributed by atoms with Gasteiger partial charge in [-0.3, -0.25) is 19.1 Å². The van der Waals surface area contributed by atoms with Gasteiger partial charge in [-0.1, -0.05) is 32.0 Å². The summed E-state index contributed by atoms with van der Waals surface area (Å²) in [5, 5.41) is 1.75. The van der Waals surface area contributed by atoms with Crippen LogP contribution in [0.5, 0.6) is 11.5 Å². The molecule has 1 aromatic heterocycles. The number of sulfonamides is 1. The van der Waals surface area contributed by atoms with Crippen LogP contribution in [0.3, 0.4) is 0 Å². The number of ether oxygens (including phenoxy) is 2. The van der Waals surface area contributed by atoms with E-state index in [2.05, 4.69) is 9.71 Å². The lowest BCUT2D eigenvalue weighted by atomic mass is 9.83. The largest absolute Gasteiger partial charge is 0.496 e. The molecular weight excluding hydrogens is 482 g/mol. The lowest BCUT2D eigenvalue weighted by Gasteiger charge is -2.22. The van der Waals surface area contributed by atoms with Crippen LogP contribution in [0.4, 0.5) is 5.69 Å². The molecule has 1 aliphatic heterocycles. The van der Waals surface area contributed by atoms with E-state index in [4.69, 9.17) is 9.47 Å². The number of anilines is 1. The molecule has 0 amide bonds. The standard InChI is InChI=1S/C26H25N3O6S/c1-26(2)14-35-24-20(29-10-9-21(30)27-25(29)31)13-19(23(34-3)22(24)26)17-6-5-16-12-18(28-36(4,32)33)8-7-15(16)11-17/h5-13,28H,14H2,1-4H3,(H,27,30,31). The first-order valence-corrected chi connectivity index (χ1v) is 13.1. The van der Waals surface area contributed by atoms with E-state index in [1.807, 2.05) is 44.2 Å². The first-order chi connectivity index (χ1) is 17.0. The molecule has 1 aliphatic rings. The number of nitrogens with zero attached hydrogens (tertiary/aromatic N) is 1. The van der Waals surface area contributed by atoms with Gasteiger partial charge in [-0.25, -0.2) is 13.2 Å². The van der Waals surface area contributed by atoms with Crippen molar-refractivity contribution in [3.63, 3.8) is 0 Å². The second-order valence-corrected chi connectivity index (χ2v) is 11.2. The summed E-state index contributed by atoms with van der Waals surface area (Å²) in [6, 6.07) is 14.2. The highest BCUT2D eigenvalue weighted by Crippen LogP contribution is 2.51. The van der Waals surface area contributed by atoms with Crippen LogP contribution in [0.1, 0.15) is 19.4 Å². The predicted molar refractivity (Wildman–Crippen MR) is 139 cm³/mol. The molecule has 0 spiro atoms. The molecule has 10 heteroatoms. The maximum absolute atomic E-state index is 12.7. The van der Waals surface area contributed by atoms with Crippen molar-refractivity contribution in [2.45, 2.75) is 19.3 Å². The molecule has 0 aliphatic carbocycles. The summed E-state index contributed by atoms with van der Waals surface area (Å²) in [5.41, 5.74) is 1.96. The SMILES string of the molecule is COc1c(-c2ccc3cc(NS(C)(=O)=O)ccc3c2)cc(-n2ccc(=O)[nH]c2=O)c2c1C(C)(C)CO2. The van der Waals surface area contributed by atoms with Gasteiger partial charge in [-0.15, -0.1) is 0 Å². The smallest absolute Gasteiger partial charge is 0.333 e. The van der Waals surface area contributed by atoms with Gasteiger partial charge in [0.1, 0.15) is 5.75 Å². The van der Waals surface area contributed by atoms with Gasteiger partial charge in [0.25, 0.3) is 5.56 Å². The Morgan fingerprint density at radius 3 is 2.47 bits per heavy atom. The van der Waals surface area contributed by atoms with E-state index in [0.29, 0.717) is 29.5 Å². The Balaban J connectivity index is 1.74.